The number of aromatic nitrogens is 2. The highest BCUT2D eigenvalue weighted by Crippen LogP contribution is 2.35. The summed E-state index contributed by atoms with van der Waals surface area (Å²) in [5.41, 5.74) is 0.203. The molecule has 0 aliphatic carbocycles. The van der Waals surface area contributed by atoms with Crippen molar-refractivity contribution in [3.63, 3.8) is 0 Å². The topological polar surface area (TPSA) is 96.3 Å². The van der Waals surface area contributed by atoms with Crippen molar-refractivity contribution in [2.75, 3.05) is 42.4 Å². The second kappa shape index (κ2) is 10.7. The number of aldehydes is 1. The summed E-state index contributed by atoms with van der Waals surface area (Å²) in [6.45, 7) is 0.847. The number of nitrogens with zero attached hydrogens (tertiary/aromatic N) is 3. The van der Waals surface area contributed by atoms with Crippen LogP contribution in [0.1, 0.15) is 21.6 Å². The standard InChI is InChI=1S/C25H25F4N5O3S/c1-30-24(14-33(15-24)18-7-3-16(4-8-18)25(27,28)29)11-21-20(12-35)23(31-22(36)13-38(2)37)34(32-21)19-9-5-17(26)6-10-19/h3-10,12,30H,11,13-15H2,1-2H3,(H,31,36). The van der Waals surface area contributed by atoms with Gasteiger partial charge in [0.15, 0.2) is 6.29 Å². The van der Waals surface area contributed by atoms with Crippen LogP contribution in [0.3, 0.4) is 0 Å². The van der Waals surface area contributed by atoms with Crippen molar-refractivity contribution in [2.24, 2.45) is 0 Å². The van der Waals surface area contributed by atoms with E-state index in [9.17, 15) is 31.4 Å². The number of nitrogens with one attached hydrogen (secondary N) is 2. The van der Waals surface area contributed by atoms with Gasteiger partial charge in [-0.05, 0) is 55.6 Å². The van der Waals surface area contributed by atoms with E-state index in [-0.39, 0.29) is 23.6 Å². The first-order valence-corrected chi connectivity index (χ1v) is 13.2. The molecule has 13 heteroatoms. The van der Waals surface area contributed by atoms with E-state index in [1.807, 2.05) is 4.90 Å². The van der Waals surface area contributed by atoms with Crippen LogP contribution in [0.4, 0.5) is 29.1 Å². The molecule has 3 aromatic rings. The minimum atomic E-state index is -4.42. The molecule has 1 unspecified atom stereocenters. The SMILES string of the molecule is CNC1(Cc2nn(-c3ccc(F)cc3)c(NC(=O)CS(C)=O)c2C=O)CN(c2ccc(C(F)(F)F)cc2)C1. The molecule has 202 valence electrons. The zero-order chi connectivity index (χ0) is 27.7. The number of hydrogen-bond donors (Lipinski definition) is 2. The lowest BCUT2D eigenvalue weighted by molar-refractivity contribution is -0.137. The number of carbonyl (C=O) groups excluding carboxylic acids is 2. The monoisotopic (exact) mass is 551 g/mol. The molecule has 8 nitrogen and oxygen atoms in total. The molecule has 1 aromatic heterocycles. The molecule has 4 rings (SSSR count). The average Bonchev–Trinajstić information content (AvgIpc) is 3.16. The van der Waals surface area contributed by atoms with E-state index >= 15 is 0 Å². The third kappa shape index (κ3) is 5.78. The molecule has 1 fully saturated rings. The Morgan fingerprint density at radius 2 is 1.71 bits per heavy atom. The van der Waals surface area contributed by atoms with E-state index in [1.165, 1.54) is 47.3 Å². The van der Waals surface area contributed by atoms with Crippen LogP contribution in [0.2, 0.25) is 0 Å². The number of carbonyl (C=O) groups is 2. The van der Waals surface area contributed by atoms with Crippen LogP contribution in [0.5, 0.6) is 0 Å². The van der Waals surface area contributed by atoms with Crippen molar-refractivity contribution in [2.45, 2.75) is 18.1 Å². The summed E-state index contributed by atoms with van der Waals surface area (Å²) in [7, 11) is 0.316. The highest BCUT2D eigenvalue weighted by Gasteiger charge is 2.43. The van der Waals surface area contributed by atoms with Gasteiger partial charge in [0.1, 0.15) is 17.4 Å². The fourth-order valence-electron chi connectivity index (χ4n) is 4.38. The fourth-order valence-corrected chi connectivity index (χ4v) is 4.82. The van der Waals surface area contributed by atoms with E-state index in [1.54, 1.807) is 7.05 Å². The Kier molecular flexibility index (Phi) is 7.70. The minimum absolute atomic E-state index is 0.0715. The highest BCUT2D eigenvalue weighted by molar-refractivity contribution is 7.85. The predicted molar refractivity (Wildman–Crippen MR) is 136 cm³/mol. The average molecular weight is 552 g/mol. The summed E-state index contributed by atoms with van der Waals surface area (Å²) in [5.74, 6) is -1.27. The van der Waals surface area contributed by atoms with Crippen LogP contribution >= 0.6 is 0 Å². The Bertz CT molecular complexity index is 1350. The molecular formula is C25H25F4N5O3S. The Morgan fingerprint density at radius 3 is 2.24 bits per heavy atom. The zero-order valence-electron chi connectivity index (χ0n) is 20.5. The number of amides is 1. The van der Waals surface area contributed by atoms with Crippen molar-refractivity contribution in [1.82, 2.24) is 15.1 Å². The number of anilines is 2. The van der Waals surface area contributed by atoms with Crippen LogP contribution in [0.15, 0.2) is 48.5 Å². The van der Waals surface area contributed by atoms with Gasteiger partial charge in [-0.25, -0.2) is 9.07 Å². The minimum Gasteiger partial charge on any atom is -0.368 e. The Hall–Kier alpha value is -3.58. The molecule has 1 amide bonds. The Balaban J connectivity index is 1.62. The summed E-state index contributed by atoms with van der Waals surface area (Å²) < 4.78 is 65.1. The Labute approximate surface area is 218 Å². The number of halogens is 4. The van der Waals surface area contributed by atoms with Gasteiger partial charge in [0.05, 0.1) is 28.0 Å². The molecule has 2 heterocycles. The lowest BCUT2D eigenvalue weighted by Gasteiger charge is -2.51. The first-order chi connectivity index (χ1) is 17.9. The molecule has 1 saturated heterocycles. The van der Waals surface area contributed by atoms with Crippen molar-refractivity contribution in [3.8, 4) is 5.69 Å². The lowest BCUT2D eigenvalue weighted by Crippen LogP contribution is -2.69. The maximum absolute atomic E-state index is 13.5. The van der Waals surface area contributed by atoms with Gasteiger partial charge in [-0.2, -0.15) is 18.3 Å². The van der Waals surface area contributed by atoms with Gasteiger partial charge in [-0.15, -0.1) is 0 Å². The first-order valence-electron chi connectivity index (χ1n) is 11.5. The van der Waals surface area contributed by atoms with Gasteiger partial charge < -0.3 is 15.5 Å². The summed E-state index contributed by atoms with van der Waals surface area (Å²) in [6, 6.07) is 10.2. The first kappa shape index (κ1) is 27.5. The number of alkyl halides is 3. The number of benzene rings is 2. The third-order valence-corrected chi connectivity index (χ3v) is 7.03. The molecular weight excluding hydrogens is 526 g/mol. The maximum atomic E-state index is 13.5. The van der Waals surface area contributed by atoms with E-state index in [0.29, 0.717) is 36.4 Å². The second-order valence-corrected chi connectivity index (χ2v) is 10.5. The maximum Gasteiger partial charge on any atom is 0.416 e. The van der Waals surface area contributed by atoms with Crippen LogP contribution in [-0.4, -0.2) is 63.9 Å². The van der Waals surface area contributed by atoms with Crippen molar-refractivity contribution in [1.29, 1.82) is 0 Å². The van der Waals surface area contributed by atoms with Crippen molar-refractivity contribution < 1.29 is 31.4 Å². The van der Waals surface area contributed by atoms with Gasteiger partial charge in [-0.3, -0.25) is 13.8 Å². The molecule has 0 bridgehead atoms. The van der Waals surface area contributed by atoms with E-state index in [4.69, 9.17) is 0 Å². The van der Waals surface area contributed by atoms with Crippen LogP contribution < -0.4 is 15.5 Å². The van der Waals surface area contributed by atoms with Gasteiger partial charge in [0.25, 0.3) is 0 Å². The number of rotatable bonds is 9. The van der Waals surface area contributed by atoms with Gasteiger partial charge >= 0.3 is 6.18 Å². The van der Waals surface area contributed by atoms with Gasteiger partial charge in [0.2, 0.25) is 5.91 Å². The summed E-state index contributed by atoms with van der Waals surface area (Å²) in [4.78, 5) is 26.5. The molecule has 0 radical (unpaired) electrons. The largest absolute Gasteiger partial charge is 0.416 e. The lowest BCUT2D eigenvalue weighted by atomic mass is 9.83. The molecule has 1 aliphatic heterocycles. The third-order valence-electron chi connectivity index (χ3n) is 6.36. The Morgan fingerprint density at radius 1 is 1.11 bits per heavy atom. The summed E-state index contributed by atoms with van der Waals surface area (Å²) in [5, 5.41) is 10.4. The normalized spacial score (nSPS) is 15.6. The molecule has 2 N–H and O–H groups in total. The predicted octanol–water partition coefficient (Wildman–Crippen LogP) is 3.18. The van der Waals surface area contributed by atoms with Crippen molar-refractivity contribution in [3.05, 3.63) is 71.2 Å². The smallest absolute Gasteiger partial charge is 0.368 e. The quantitative estimate of drug-likeness (QED) is 0.313. The van der Waals surface area contributed by atoms with Crippen LogP contribution in [0.25, 0.3) is 5.69 Å². The van der Waals surface area contributed by atoms with Crippen LogP contribution in [0, 0.1) is 5.82 Å². The zero-order valence-corrected chi connectivity index (χ0v) is 21.3. The van der Waals surface area contributed by atoms with E-state index < -0.39 is 39.8 Å². The highest BCUT2D eigenvalue weighted by atomic mass is 32.2. The second-order valence-electron chi connectivity index (χ2n) is 9.09. The summed E-state index contributed by atoms with van der Waals surface area (Å²) in [6.07, 6.45) is -2.23. The van der Waals surface area contributed by atoms with Gasteiger partial charge in [0, 0.05) is 42.3 Å². The van der Waals surface area contributed by atoms with Gasteiger partial charge in [-0.1, -0.05) is 0 Å². The summed E-state index contributed by atoms with van der Waals surface area (Å²) >= 11 is 0. The molecule has 0 spiro atoms. The molecule has 1 atom stereocenters. The fraction of sp³-hybridized carbons (Fsp3) is 0.320. The molecule has 2 aromatic carbocycles. The van der Waals surface area contributed by atoms with Crippen LogP contribution in [-0.2, 0) is 28.2 Å². The van der Waals surface area contributed by atoms with Crippen molar-refractivity contribution >= 4 is 34.5 Å². The van der Waals surface area contributed by atoms with E-state index in [0.717, 1.165) is 12.1 Å². The number of likely N-dealkylation sites (N-methyl/N-ethyl adjacent to an activating group) is 1. The van der Waals surface area contributed by atoms with E-state index in [2.05, 4.69) is 15.7 Å². The molecule has 38 heavy (non-hydrogen) atoms. The molecule has 1 aliphatic rings. The molecule has 0 saturated carbocycles. The number of hydrogen-bond acceptors (Lipinski definition) is 6.